The van der Waals surface area contributed by atoms with Gasteiger partial charge >= 0.3 is 5.97 Å². The minimum Gasteiger partial charge on any atom is -0.476 e. The number of aromatic nitrogens is 5. The van der Waals surface area contributed by atoms with E-state index in [9.17, 15) is 4.79 Å². The number of carboxylic acids is 1. The average molecular weight is 306 g/mol. The van der Waals surface area contributed by atoms with Gasteiger partial charge in [0.25, 0.3) is 0 Å². The van der Waals surface area contributed by atoms with Gasteiger partial charge in [0.05, 0.1) is 16.8 Å². The maximum absolute atomic E-state index is 10.7. The first kappa shape index (κ1) is 13.3. The number of carbonyl (C=O) groups is 1. The third-order valence-corrected chi connectivity index (χ3v) is 2.96. The van der Waals surface area contributed by atoms with E-state index in [1.54, 1.807) is 18.2 Å². The molecule has 0 spiro atoms. The fourth-order valence-corrected chi connectivity index (χ4v) is 1.89. The molecule has 106 valence electrons. The van der Waals surface area contributed by atoms with E-state index >= 15 is 0 Å². The predicted octanol–water partition coefficient (Wildman–Crippen LogP) is 1.73. The highest BCUT2D eigenvalue weighted by atomic mass is 35.5. The molecule has 9 heteroatoms. The number of hydrogen-bond acceptors (Lipinski definition) is 6. The Hall–Kier alpha value is -2.74. The Labute approximate surface area is 123 Å². The Morgan fingerprint density at radius 2 is 2.10 bits per heavy atom. The summed E-state index contributed by atoms with van der Waals surface area (Å²) in [7, 11) is 0. The van der Waals surface area contributed by atoms with E-state index in [1.807, 2.05) is 6.07 Å². The van der Waals surface area contributed by atoms with Crippen molar-refractivity contribution in [2.24, 2.45) is 0 Å². The zero-order valence-electron chi connectivity index (χ0n) is 10.5. The van der Waals surface area contributed by atoms with Crippen LogP contribution in [0.3, 0.4) is 0 Å². The summed E-state index contributed by atoms with van der Waals surface area (Å²) in [6, 6.07) is 7.09. The standard InChI is InChI=1S/C12H8ClN5O3/c13-8-4-2-1-3-7(8)11-16-15-10(21-11)6-18-5-9(12(19)20)14-17-18/h1-5H,6H2,(H,19,20). The normalized spacial score (nSPS) is 10.7. The SMILES string of the molecule is O=C(O)c1cn(Cc2nnc(-c3ccccc3Cl)o2)nn1. The van der Waals surface area contributed by atoms with Crippen molar-refractivity contribution >= 4 is 17.6 Å². The van der Waals surface area contributed by atoms with E-state index < -0.39 is 5.97 Å². The van der Waals surface area contributed by atoms with Crippen LogP contribution < -0.4 is 0 Å². The van der Waals surface area contributed by atoms with E-state index in [1.165, 1.54) is 10.9 Å². The van der Waals surface area contributed by atoms with Crippen LogP contribution in [0.15, 0.2) is 34.9 Å². The molecule has 0 aliphatic rings. The number of rotatable bonds is 4. The molecular weight excluding hydrogens is 298 g/mol. The summed E-state index contributed by atoms with van der Waals surface area (Å²) in [4.78, 5) is 10.7. The van der Waals surface area contributed by atoms with Crippen molar-refractivity contribution in [2.75, 3.05) is 0 Å². The Kier molecular flexibility index (Phi) is 3.36. The Morgan fingerprint density at radius 1 is 1.29 bits per heavy atom. The summed E-state index contributed by atoms with van der Waals surface area (Å²) in [6.07, 6.45) is 1.28. The second kappa shape index (κ2) is 5.33. The topological polar surface area (TPSA) is 107 Å². The highest BCUT2D eigenvalue weighted by Gasteiger charge is 2.13. The van der Waals surface area contributed by atoms with Crippen LogP contribution >= 0.6 is 11.6 Å². The summed E-state index contributed by atoms with van der Waals surface area (Å²) in [5.74, 6) is -0.593. The number of aromatic carboxylic acids is 1. The molecule has 8 nitrogen and oxygen atoms in total. The van der Waals surface area contributed by atoms with E-state index in [0.29, 0.717) is 10.6 Å². The molecule has 2 heterocycles. The van der Waals surface area contributed by atoms with E-state index in [2.05, 4.69) is 20.5 Å². The lowest BCUT2D eigenvalue weighted by molar-refractivity contribution is 0.0690. The molecule has 0 aliphatic carbocycles. The van der Waals surface area contributed by atoms with Crippen molar-refractivity contribution in [3.8, 4) is 11.5 Å². The molecule has 0 atom stereocenters. The van der Waals surface area contributed by atoms with Crippen LogP contribution in [-0.4, -0.2) is 36.3 Å². The first-order valence-corrected chi connectivity index (χ1v) is 6.22. The summed E-state index contributed by atoms with van der Waals surface area (Å²) in [6.45, 7) is 0.123. The van der Waals surface area contributed by atoms with Crippen LogP contribution in [0.1, 0.15) is 16.4 Å². The lowest BCUT2D eigenvalue weighted by atomic mass is 10.2. The molecule has 0 unspecified atom stereocenters. The summed E-state index contributed by atoms with van der Waals surface area (Å²) < 4.78 is 6.78. The molecule has 0 saturated carbocycles. The van der Waals surface area contributed by atoms with Gasteiger partial charge in [-0.05, 0) is 12.1 Å². The van der Waals surface area contributed by atoms with Gasteiger partial charge in [0.15, 0.2) is 5.69 Å². The highest BCUT2D eigenvalue weighted by Crippen LogP contribution is 2.26. The van der Waals surface area contributed by atoms with Gasteiger partial charge in [0.2, 0.25) is 11.8 Å². The van der Waals surface area contributed by atoms with Gasteiger partial charge in [-0.15, -0.1) is 15.3 Å². The van der Waals surface area contributed by atoms with Crippen LogP contribution in [-0.2, 0) is 6.54 Å². The third kappa shape index (κ3) is 2.75. The van der Waals surface area contributed by atoms with Crippen molar-refractivity contribution < 1.29 is 14.3 Å². The smallest absolute Gasteiger partial charge is 0.358 e. The molecule has 21 heavy (non-hydrogen) atoms. The second-order valence-electron chi connectivity index (χ2n) is 4.09. The fourth-order valence-electron chi connectivity index (χ4n) is 1.67. The van der Waals surface area contributed by atoms with Gasteiger partial charge in [0.1, 0.15) is 6.54 Å². The van der Waals surface area contributed by atoms with Gasteiger partial charge in [0, 0.05) is 0 Å². The van der Waals surface area contributed by atoms with Crippen molar-refractivity contribution in [3.05, 3.63) is 47.1 Å². The van der Waals surface area contributed by atoms with Gasteiger partial charge < -0.3 is 9.52 Å². The molecular formula is C12H8ClN5O3. The molecule has 0 aliphatic heterocycles. The molecule has 3 aromatic rings. The lowest BCUT2D eigenvalue weighted by Crippen LogP contribution is -2.00. The van der Waals surface area contributed by atoms with Crippen molar-refractivity contribution in [1.82, 2.24) is 25.2 Å². The minimum atomic E-state index is -1.15. The molecule has 1 N–H and O–H groups in total. The molecule has 3 rings (SSSR count). The van der Waals surface area contributed by atoms with Gasteiger partial charge in [-0.2, -0.15) is 0 Å². The van der Waals surface area contributed by atoms with E-state index in [0.717, 1.165) is 0 Å². The molecule has 0 saturated heterocycles. The molecule has 0 fully saturated rings. The number of benzene rings is 1. The van der Waals surface area contributed by atoms with Crippen molar-refractivity contribution in [2.45, 2.75) is 6.54 Å². The fraction of sp³-hybridized carbons (Fsp3) is 0.0833. The maximum atomic E-state index is 10.7. The zero-order chi connectivity index (χ0) is 14.8. The average Bonchev–Trinajstić information content (AvgIpc) is 3.09. The van der Waals surface area contributed by atoms with Crippen LogP contribution in [0, 0.1) is 0 Å². The Bertz CT molecular complexity index is 798. The van der Waals surface area contributed by atoms with Gasteiger partial charge in [-0.1, -0.05) is 28.9 Å². The highest BCUT2D eigenvalue weighted by molar-refractivity contribution is 6.33. The quantitative estimate of drug-likeness (QED) is 0.782. The van der Waals surface area contributed by atoms with Crippen LogP contribution in [0.25, 0.3) is 11.5 Å². The first-order valence-electron chi connectivity index (χ1n) is 5.84. The summed E-state index contributed by atoms with van der Waals surface area (Å²) in [5, 5.41) is 24.2. The lowest BCUT2D eigenvalue weighted by Gasteiger charge is -1.97. The van der Waals surface area contributed by atoms with E-state index in [-0.39, 0.29) is 24.0 Å². The van der Waals surface area contributed by atoms with Crippen molar-refractivity contribution in [3.63, 3.8) is 0 Å². The third-order valence-electron chi connectivity index (χ3n) is 2.63. The number of hydrogen-bond donors (Lipinski definition) is 1. The molecule has 2 aromatic heterocycles. The second-order valence-corrected chi connectivity index (χ2v) is 4.49. The summed E-state index contributed by atoms with van der Waals surface area (Å²) in [5.41, 5.74) is 0.476. The monoisotopic (exact) mass is 305 g/mol. The zero-order valence-corrected chi connectivity index (χ0v) is 11.2. The Balaban J connectivity index is 1.82. The number of nitrogens with zero attached hydrogens (tertiary/aromatic N) is 5. The van der Waals surface area contributed by atoms with Crippen molar-refractivity contribution in [1.29, 1.82) is 0 Å². The van der Waals surface area contributed by atoms with Gasteiger partial charge in [-0.25, -0.2) is 9.48 Å². The molecule has 1 aromatic carbocycles. The molecule has 0 radical (unpaired) electrons. The minimum absolute atomic E-state index is 0.123. The first-order chi connectivity index (χ1) is 10.1. The van der Waals surface area contributed by atoms with Gasteiger partial charge in [-0.3, -0.25) is 0 Å². The maximum Gasteiger partial charge on any atom is 0.358 e. The van der Waals surface area contributed by atoms with E-state index in [4.69, 9.17) is 21.1 Å². The summed E-state index contributed by atoms with van der Waals surface area (Å²) >= 11 is 6.05. The number of halogens is 1. The van der Waals surface area contributed by atoms with Crippen LogP contribution in [0.5, 0.6) is 0 Å². The Morgan fingerprint density at radius 3 is 2.81 bits per heavy atom. The van der Waals surface area contributed by atoms with Crippen LogP contribution in [0.4, 0.5) is 0 Å². The number of carboxylic acid groups (broad SMARTS) is 1. The predicted molar refractivity (Wildman–Crippen MR) is 70.8 cm³/mol. The molecule has 0 amide bonds. The largest absolute Gasteiger partial charge is 0.476 e. The van der Waals surface area contributed by atoms with Crippen LogP contribution in [0.2, 0.25) is 5.02 Å². The molecule has 0 bridgehead atoms.